The predicted octanol–water partition coefficient (Wildman–Crippen LogP) is 6.57. The quantitative estimate of drug-likeness (QED) is 0.412. The molecule has 3 aromatic rings. The average Bonchev–Trinajstić information content (AvgIpc) is 3.23. The molecule has 1 N–H and O–H groups in total. The average molecular weight is 364 g/mol. The lowest BCUT2D eigenvalue weighted by molar-refractivity contribution is 0.425. The Hall–Kier alpha value is -3.13. The van der Waals surface area contributed by atoms with E-state index in [9.17, 15) is 0 Å². The normalized spacial score (nSPS) is 22.7. The SMILES string of the molecule is Cc1ccc(C=Nc2ccc([C@@H]3Nc4ccccc4[C@@H]4C=CC[C@@H]43)cc2)cc1. The van der Waals surface area contributed by atoms with E-state index in [0.717, 1.165) is 17.7 Å². The van der Waals surface area contributed by atoms with E-state index in [4.69, 9.17) is 0 Å². The summed E-state index contributed by atoms with van der Waals surface area (Å²) in [6.45, 7) is 2.10. The summed E-state index contributed by atoms with van der Waals surface area (Å²) in [6.07, 6.45) is 7.79. The molecule has 0 saturated carbocycles. The van der Waals surface area contributed by atoms with Crippen LogP contribution in [0.15, 0.2) is 89.9 Å². The van der Waals surface area contributed by atoms with E-state index in [1.54, 1.807) is 0 Å². The third-order valence-electron chi connectivity index (χ3n) is 5.96. The number of anilines is 1. The number of hydrogen-bond donors (Lipinski definition) is 1. The predicted molar refractivity (Wildman–Crippen MR) is 118 cm³/mol. The fourth-order valence-corrected chi connectivity index (χ4v) is 4.44. The second-order valence-corrected chi connectivity index (χ2v) is 7.82. The van der Waals surface area contributed by atoms with Crippen molar-refractivity contribution in [3.63, 3.8) is 0 Å². The van der Waals surface area contributed by atoms with Gasteiger partial charge >= 0.3 is 0 Å². The van der Waals surface area contributed by atoms with Crippen molar-refractivity contribution in [2.75, 3.05) is 5.32 Å². The largest absolute Gasteiger partial charge is 0.378 e. The number of hydrogen-bond acceptors (Lipinski definition) is 2. The maximum absolute atomic E-state index is 4.64. The third kappa shape index (κ3) is 3.16. The molecule has 2 heteroatoms. The molecular weight excluding hydrogens is 340 g/mol. The Morgan fingerprint density at radius 3 is 2.54 bits per heavy atom. The molecule has 5 rings (SSSR count). The molecule has 2 nitrogen and oxygen atoms in total. The fraction of sp³-hybridized carbons (Fsp3) is 0.192. The van der Waals surface area contributed by atoms with Crippen LogP contribution in [0.5, 0.6) is 0 Å². The molecule has 0 amide bonds. The van der Waals surface area contributed by atoms with Gasteiger partial charge in [-0.3, -0.25) is 4.99 Å². The first-order valence-electron chi connectivity index (χ1n) is 10.0. The molecule has 1 aliphatic carbocycles. The van der Waals surface area contributed by atoms with Gasteiger partial charge in [0, 0.05) is 17.8 Å². The van der Waals surface area contributed by atoms with Crippen LogP contribution in [-0.4, -0.2) is 6.21 Å². The van der Waals surface area contributed by atoms with Crippen LogP contribution in [0.4, 0.5) is 11.4 Å². The Morgan fingerprint density at radius 2 is 1.71 bits per heavy atom. The molecule has 0 aromatic heterocycles. The number of benzene rings is 3. The van der Waals surface area contributed by atoms with Crippen molar-refractivity contribution >= 4 is 17.6 Å². The van der Waals surface area contributed by atoms with Gasteiger partial charge < -0.3 is 5.32 Å². The Kier molecular flexibility index (Phi) is 4.32. The van der Waals surface area contributed by atoms with E-state index in [1.807, 2.05) is 6.21 Å². The van der Waals surface area contributed by atoms with E-state index in [0.29, 0.717) is 17.9 Å². The Morgan fingerprint density at radius 1 is 0.929 bits per heavy atom. The van der Waals surface area contributed by atoms with E-state index in [-0.39, 0.29) is 0 Å². The van der Waals surface area contributed by atoms with E-state index in [1.165, 1.54) is 22.4 Å². The van der Waals surface area contributed by atoms with Crippen LogP contribution < -0.4 is 5.32 Å². The first-order chi connectivity index (χ1) is 13.8. The zero-order valence-corrected chi connectivity index (χ0v) is 16.0. The molecule has 1 aliphatic heterocycles. The fourth-order valence-electron chi connectivity index (χ4n) is 4.44. The minimum atomic E-state index is 0.338. The van der Waals surface area contributed by atoms with Gasteiger partial charge in [0.2, 0.25) is 0 Å². The Bertz CT molecular complexity index is 1030. The molecule has 1 heterocycles. The minimum Gasteiger partial charge on any atom is -0.378 e. The monoisotopic (exact) mass is 364 g/mol. The third-order valence-corrected chi connectivity index (χ3v) is 5.96. The van der Waals surface area contributed by atoms with Gasteiger partial charge in [-0.15, -0.1) is 0 Å². The number of aryl methyl sites for hydroxylation is 1. The highest BCUT2D eigenvalue weighted by atomic mass is 15.0. The summed E-state index contributed by atoms with van der Waals surface area (Å²) in [4.78, 5) is 4.64. The van der Waals surface area contributed by atoms with Gasteiger partial charge in [-0.2, -0.15) is 0 Å². The van der Waals surface area contributed by atoms with Gasteiger partial charge in [0.25, 0.3) is 0 Å². The molecule has 0 saturated heterocycles. The maximum atomic E-state index is 4.64. The van der Waals surface area contributed by atoms with Crippen molar-refractivity contribution < 1.29 is 0 Å². The number of aliphatic imine (C=N–C) groups is 1. The lowest BCUT2D eigenvalue weighted by atomic mass is 9.77. The zero-order chi connectivity index (χ0) is 18.9. The van der Waals surface area contributed by atoms with Crippen LogP contribution in [-0.2, 0) is 0 Å². The van der Waals surface area contributed by atoms with Crippen molar-refractivity contribution in [1.29, 1.82) is 0 Å². The summed E-state index contributed by atoms with van der Waals surface area (Å²) < 4.78 is 0. The molecule has 3 aromatic carbocycles. The number of fused-ring (bicyclic) bond motifs is 3. The lowest BCUT2D eigenvalue weighted by Crippen LogP contribution is -2.28. The Balaban J connectivity index is 1.38. The molecular formula is C26H24N2. The minimum absolute atomic E-state index is 0.338. The van der Waals surface area contributed by atoms with Crippen LogP contribution in [0.1, 0.15) is 40.6 Å². The summed E-state index contributed by atoms with van der Waals surface area (Å²) in [6, 6.07) is 26.2. The highest BCUT2D eigenvalue weighted by Gasteiger charge is 2.37. The van der Waals surface area contributed by atoms with Crippen LogP contribution in [0.25, 0.3) is 0 Å². The smallest absolute Gasteiger partial charge is 0.0630 e. The van der Waals surface area contributed by atoms with Crippen molar-refractivity contribution in [3.8, 4) is 0 Å². The molecule has 28 heavy (non-hydrogen) atoms. The summed E-state index contributed by atoms with van der Waals surface area (Å²) in [5, 5.41) is 3.79. The number of nitrogens with zero attached hydrogens (tertiary/aromatic N) is 1. The van der Waals surface area contributed by atoms with Gasteiger partial charge in [-0.1, -0.05) is 72.3 Å². The zero-order valence-electron chi connectivity index (χ0n) is 16.0. The van der Waals surface area contributed by atoms with Crippen molar-refractivity contribution in [1.82, 2.24) is 0 Å². The van der Waals surface area contributed by atoms with E-state index in [2.05, 4.69) is 102 Å². The summed E-state index contributed by atoms with van der Waals surface area (Å²) in [7, 11) is 0. The van der Waals surface area contributed by atoms with Gasteiger partial charge in [0.1, 0.15) is 0 Å². The summed E-state index contributed by atoms with van der Waals surface area (Å²) in [5.41, 5.74) is 7.41. The number of nitrogens with one attached hydrogen (secondary N) is 1. The van der Waals surface area contributed by atoms with Gasteiger partial charge in [-0.25, -0.2) is 0 Å². The van der Waals surface area contributed by atoms with E-state index >= 15 is 0 Å². The molecule has 3 atom stereocenters. The van der Waals surface area contributed by atoms with Crippen LogP contribution >= 0.6 is 0 Å². The highest BCUT2D eigenvalue weighted by molar-refractivity contribution is 5.81. The van der Waals surface area contributed by atoms with Crippen molar-refractivity contribution in [2.24, 2.45) is 10.9 Å². The first-order valence-corrected chi connectivity index (χ1v) is 10.0. The number of para-hydroxylation sites is 1. The van der Waals surface area contributed by atoms with E-state index < -0.39 is 0 Å². The van der Waals surface area contributed by atoms with Crippen molar-refractivity contribution in [2.45, 2.75) is 25.3 Å². The summed E-state index contributed by atoms with van der Waals surface area (Å²) >= 11 is 0. The van der Waals surface area contributed by atoms with Gasteiger partial charge in [0.15, 0.2) is 0 Å². The molecule has 2 aliphatic rings. The first kappa shape index (κ1) is 17.0. The highest BCUT2D eigenvalue weighted by Crippen LogP contribution is 2.49. The lowest BCUT2D eigenvalue weighted by Gasteiger charge is -2.37. The van der Waals surface area contributed by atoms with Gasteiger partial charge in [0.05, 0.1) is 11.7 Å². The van der Waals surface area contributed by atoms with Crippen LogP contribution in [0.2, 0.25) is 0 Å². The molecule has 0 fully saturated rings. The molecule has 0 radical (unpaired) electrons. The molecule has 0 unspecified atom stereocenters. The number of allylic oxidation sites excluding steroid dienone is 2. The molecule has 0 bridgehead atoms. The van der Waals surface area contributed by atoms with Crippen LogP contribution in [0.3, 0.4) is 0 Å². The second-order valence-electron chi connectivity index (χ2n) is 7.82. The standard InChI is InChI=1S/C26H24N2/c1-18-9-11-19(12-10-18)17-27-21-15-13-20(14-16-21)26-24-7-4-6-22(24)23-5-2-3-8-25(23)28-26/h2-6,8-17,22,24,26,28H,7H2,1H3/t22-,24-,26-/m0/s1. The van der Waals surface area contributed by atoms with Gasteiger partial charge in [-0.05, 0) is 54.2 Å². The summed E-state index contributed by atoms with van der Waals surface area (Å²) in [5.74, 6) is 1.10. The second kappa shape index (κ2) is 7.12. The molecule has 138 valence electrons. The number of rotatable bonds is 3. The van der Waals surface area contributed by atoms with Crippen molar-refractivity contribution in [3.05, 3.63) is 107 Å². The molecule has 0 spiro atoms. The topological polar surface area (TPSA) is 24.4 Å². The Labute approximate surface area is 166 Å². The maximum Gasteiger partial charge on any atom is 0.0630 e. The van der Waals surface area contributed by atoms with Crippen LogP contribution in [0, 0.1) is 12.8 Å².